The number of carbonyl (C=O) groups is 1. The number of nitro groups is 1. The number of hydrogen-bond donors (Lipinski definition) is 3. The van der Waals surface area contributed by atoms with Gasteiger partial charge < -0.3 is 16.8 Å². The van der Waals surface area contributed by atoms with Gasteiger partial charge in [0.05, 0.1) is 11.0 Å². The molecular formula is C12H18N4O3. The van der Waals surface area contributed by atoms with Crippen molar-refractivity contribution in [3.63, 3.8) is 0 Å². The highest BCUT2D eigenvalue weighted by Gasteiger charge is 2.13. The van der Waals surface area contributed by atoms with Crippen LogP contribution in [0.2, 0.25) is 0 Å². The molecule has 1 aromatic carbocycles. The molecule has 1 rings (SSSR count). The molecule has 0 bridgehead atoms. The van der Waals surface area contributed by atoms with Gasteiger partial charge in [0.25, 0.3) is 5.69 Å². The van der Waals surface area contributed by atoms with Gasteiger partial charge in [-0.05, 0) is 31.5 Å². The van der Waals surface area contributed by atoms with Crippen LogP contribution in [0, 0.1) is 10.1 Å². The van der Waals surface area contributed by atoms with E-state index in [4.69, 9.17) is 11.5 Å². The molecule has 1 amide bonds. The number of rotatable bonds is 7. The number of anilines is 1. The van der Waals surface area contributed by atoms with Crippen molar-refractivity contribution < 1.29 is 9.72 Å². The molecule has 5 N–H and O–H groups in total. The summed E-state index contributed by atoms with van der Waals surface area (Å²) in [6.07, 6.45) is 2.19. The maximum Gasteiger partial charge on any atom is 0.269 e. The van der Waals surface area contributed by atoms with E-state index in [-0.39, 0.29) is 11.6 Å². The Kier molecular flexibility index (Phi) is 5.91. The lowest BCUT2D eigenvalue weighted by Crippen LogP contribution is -2.35. The zero-order chi connectivity index (χ0) is 14.3. The van der Waals surface area contributed by atoms with Crippen LogP contribution in [-0.4, -0.2) is 23.4 Å². The van der Waals surface area contributed by atoms with E-state index in [1.165, 1.54) is 24.3 Å². The highest BCUT2D eigenvalue weighted by Crippen LogP contribution is 2.15. The third-order valence-electron chi connectivity index (χ3n) is 2.65. The van der Waals surface area contributed by atoms with Gasteiger partial charge in [0.1, 0.15) is 0 Å². The molecule has 104 valence electrons. The molecule has 19 heavy (non-hydrogen) atoms. The first-order valence-corrected chi connectivity index (χ1v) is 6.05. The van der Waals surface area contributed by atoms with Crippen LogP contribution >= 0.6 is 0 Å². The van der Waals surface area contributed by atoms with E-state index in [0.717, 1.165) is 12.8 Å². The predicted molar refractivity (Wildman–Crippen MR) is 72.6 cm³/mol. The number of unbranched alkanes of at least 4 members (excludes halogenated alkanes) is 1. The van der Waals surface area contributed by atoms with Crippen molar-refractivity contribution in [2.45, 2.75) is 25.3 Å². The lowest BCUT2D eigenvalue weighted by molar-refractivity contribution is -0.384. The van der Waals surface area contributed by atoms with Crippen LogP contribution in [0.25, 0.3) is 0 Å². The summed E-state index contributed by atoms with van der Waals surface area (Å²) in [6, 6.07) is 5.01. The summed E-state index contributed by atoms with van der Waals surface area (Å²) in [5.74, 6) is -0.300. The fraction of sp³-hybridized carbons (Fsp3) is 0.417. The van der Waals surface area contributed by atoms with Gasteiger partial charge in [-0.15, -0.1) is 0 Å². The minimum atomic E-state index is -0.596. The number of nitrogens with one attached hydrogen (secondary N) is 1. The standard InChI is InChI=1S/C12H18N4O3/c13-8-2-1-3-11(14)12(17)15-9-4-6-10(7-5-9)16(18)19/h4-7,11H,1-3,8,13-14H2,(H,15,17)/t11-/m1/s1. The second-order valence-electron chi connectivity index (χ2n) is 4.18. The number of nitrogens with zero attached hydrogens (tertiary/aromatic N) is 1. The molecule has 1 atom stereocenters. The maximum atomic E-state index is 11.7. The normalized spacial score (nSPS) is 11.9. The highest BCUT2D eigenvalue weighted by atomic mass is 16.6. The summed E-state index contributed by atoms with van der Waals surface area (Å²) in [4.78, 5) is 21.7. The van der Waals surface area contributed by atoms with Crippen molar-refractivity contribution in [2.24, 2.45) is 11.5 Å². The molecule has 0 aliphatic rings. The zero-order valence-electron chi connectivity index (χ0n) is 10.5. The molecule has 0 spiro atoms. The van der Waals surface area contributed by atoms with E-state index >= 15 is 0 Å². The predicted octanol–water partition coefficient (Wildman–Crippen LogP) is 0.990. The van der Waals surface area contributed by atoms with Gasteiger partial charge in [0.15, 0.2) is 0 Å². The van der Waals surface area contributed by atoms with Crippen molar-refractivity contribution in [3.8, 4) is 0 Å². The molecule has 0 radical (unpaired) electrons. The Labute approximate surface area is 111 Å². The molecule has 0 saturated heterocycles. The molecule has 7 nitrogen and oxygen atoms in total. The number of amides is 1. The first-order valence-electron chi connectivity index (χ1n) is 6.05. The fourth-order valence-electron chi connectivity index (χ4n) is 1.54. The van der Waals surface area contributed by atoms with Crippen LogP contribution in [0.5, 0.6) is 0 Å². The van der Waals surface area contributed by atoms with Crippen molar-refractivity contribution in [1.29, 1.82) is 0 Å². The summed E-state index contributed by atoms with van der Waals surface area (Å²) in [5.41, 5.74) is 11.5. The summed E-state index contributed by atoms with van der Waals surface area (Å²) < 4.78 is 0. The van der Waals surface area contributed by atoms with E-state index < -0.39 is 11.0 Å². The van der Waals surface area contributed by atoms with E-state index in [1.807, 2.05) is 0 Å². The minimum Gasteiger partial charge on any atom is -0.330 e. The molecule has 0 fully saturated rings. The minimum absolute atomic E-state index is 0.0229. The SMILES string of the molecule is NCCCC[C@@H](N)C(=O)Nc1ccc([N+](=O)[O-])cc1. The van der Waals surface area contributed by atoms with E-state index in [2.05, 4.69) is 5.32 Å². The van der Waals surface area contributed by atoms with Crippen molar-refractivity contribution in [3.05, 3.63) is 34.4 Å². The zero-order valence-corrected chi connectivity index (χ0v) is 10.5. The third-order valence-corrected chi connectivity index (χ3v) is 2.65. The van der Waals surface area contributed by atoms with Crippen LogP contribution in [-0.2, 0) is 4.79 Å². The Bertz CT molecular complexity index is 433. The van der Waals surface area contributed by atoms with Gasteiger partial charge in [-0.2, -0.15) is 0 Å². The topological polar surface area (TPSA) is 124 Å². The second kappa shape index (κ2) is 7.45. The first-order chi connectivity index (χ1) is 9.04. The Balaban J connectivity index is 2.49. The van der Waals surface area contributed by atoms with Gasteiger partial charge in [0, 0.05) is 17.8 Å². The first kappa shape index (κ1) is 15.1. The maximum absolute atomic E-state index is 11.7. The smallest absolute Gasteiger partial charge is 0.269 e. The largest absolute Gasteiger partial charge is 0.330 e. The van der Waals surface area contributed by atoms with E-state index in [0.29, 0.717) is 18.7 Å². The van der Waals surface area contributed by atoms with Crippen molar-refractivity contribution >= 4 is 17.3 Å². The molecular weight excluding hydrogens is 248 g/mol. The number of benzene rings is 1. The summed E-state index contributed by atoms with van der Waals surface area (Å²) in [7, 11) is 0. The number of nitro benzene ring substituents is 1. The van der Waals surface area contributed by atoms with Crippen molar-refractivity contribution in [2.75, 3.05) is 11.9 Å². The second-order valence-corrected chi connectivity index (χ2v) is 4.18. The van der Waals surface area contributed by atoms with Gasteiger partial charge in [-0.25, -0.2) is 0 Å². The van der Waals surface area contributed by atoms with Crippen LogP contribution < -0.4 is 16.8 Å². The average Bonchev–Trinajstić information content (AvgIpc) is 2.39. The van der Waals surface area contributed by atoms with Crippen LogP contribution in [0.4, 0.5) is 11.4 Å². The Morgan fingerprint density at radius 3 is 2.47 bits per heavy atom. The Morgan fingerprint density at radius 1 is 1.32 bits per heavy atom. The summed E-state index contributed by atoms with van der Waals surface area (Å²) in [5, 5.41) is 13.1. The molecule has 7 heteroatoms. The number of non-ortho nitro benzene ring substituents is 1. The molecule has 0 aromatic heterocycles. The lowest BCUT2D eigenvalue weighted by Gasteiger charge is -2.11. The molecule has 1 aromatic rings. The molecule has 0 unspecified atom stereocenters. The molecule has 0 heterocycles. The van der Waals surface area contributed by atoms with Crippen molar-refractivity contribution in [1.82, 2.24) is 0 Å². The third kappa shape index (κ3) is 5.02. The molecule has 0 aliphatic heterocycles. The van der Waals surface area contributed by atoms with E-state index in [1.54, 1.807) is 0 Å². The lowest BCUT2D eigenvalue weighted by atomic mass is 10.1. The van der Waals surface area contributed by atoms with Gasteiger partial charge in [-0.3, -0.25) is 14.9 Å². The average molecular weight is 266 g/mol. The molecule has 0 aliphatic carbocycles. The van der Waals surface area contributed by atoms with Crippen LogP contribution in [0.3, 0.4) is 0 Å². The Morgan fingerprint density at radius 2 is 1.95 bits per heavy atom. The van der Waals surface area contributed by atoms with Gasteiger partial charge >= 0.3 is 0 Å². The van der Waals surface area contributed by atoms with Gasteiger partial charge in [0.2, 0.25) is 5.91 Å². The number of carbonyl (C=O) groups excluding carboxylic acids is 1. The van der Waals surface area contributed by atoms with Crippen LogP contribution in [0.15, 0.2) is 24.3 Å². The Hall–Kier alpha value is -1.99. The monoisotopic (exact) mass is 266 g/mol. The van der Waals surface area contributed by atoms with Gasteiger partial charge in [-0.1, -0.05) is 6.42 Å². The summed E-state index contributed by atoms with van der Waals surface area (Å²) in [6.45, 7) is 0.580. The van der Waals surface area contributed by atoms with E-state index in [9.17, 15) is 14.9 Å². The fourth-order valence-corrected chi connectivity index (χ4v) is 1.54. The summed E-state index contributed by atoms with van der Waals surface area (Å²) >= 11 is 0. The quantitative estimate of drug-likeness (QED) is 0.385. The highest BCUT2D eigenvalue weighted by molar-refractivity contribution is 5.94. The number of hydrogen-bond acceptors (Lipinski definition) is 5. The molecule has 0 saturated carbocycles. The number of nitrogens with two attached hydrogens (primary N) is 2. The van der Waals surface area contributed by atoms with Crippen LogP contribution in [0.1, 0.15) is 19.3 Å².